The van der Waals surface area contributed by atoms with Gasteiger partial charge < -0.3 is 21.3 Å². The molecule has 1 aromatic carbocycles. The Bertz CT molecular complexity index is 787. The highest BCUT2D eigenvalue weighted by atomic mass is 35.5. The number of halogens is 2. The van der Waals surface area contributed by atoms with E-state index >= 15 is 0 Å². The molecule has 1 unspecified atom stereocenters. The molecule has 2 rings (SSSR count). The van der Waals surface area contributed by atoms with Crippen LogP contribution in [0.5, 0.6) is 11.5 Å². The molecule has 5 N–H and O–H groups in total. The molecule has 0 spiro atoms. The first-order chi connectivity index (χ1) is 10.9. The fraction of sp³-hybridized carbons (Fsp3) is 0.188. The van der Waals surface area contributed by atoms with Crippen LogP contribution in [0.2, 0.25) is 5.02 Å². The smallest absolute Gasteiger partial charge is 0.166 e. The van der Waals surface area contributed by atoms with Gasteiger partial charge >= 0.3 is 0 Å². The summed E-state index contributed by atoms with van der Waals surface area (Å²) in [6, 6.07) is 3.87. The van der Waals surface area contributed by atoms with Gasteiger partial charge in [0.1, 0.15) is 17.7 Å². The zero-order chi connectivity index (χ0) is 17.0. The first-order valence-electron chi connectivity index (χ1n) is 6.72. The lowest BCUT2D eigenvalue weighted by atomic mass is 10.1. The van der Waals surface area contributed by atoms with Gasteiger partial charge in [-0.3, -0.25) is 0 Å². The van der Waals surface area contributed by atoms with Gasteiger partial charge in [-0.1, -0.05) is 23.4 Å². The molecule has 0 aliphatic carbocycles. The molecule has 2 aromatic rings. The molecule has 0 saturated carbocycles. The van der Waals surface area contributed by atoms with Crippen LogP contribution in [-0.4, -0.2) is 16.6 Å². The molecular formula is C16H15ClFN3O2. The number of aromatic hydroxyl groups is 1. The summed E-state index contributed by atoms with van der Waals surface area (Å²) in [6.45, 7) is 1.82. The second-order valence-electron chi connectivity index (χ2n) is 4.67. The summed E-state index contributed by atoms with van der Waals surface area (Å²) in [5.74, 6) is 5.07. The Balaban J connectivity index is 2.34. The van der Waals surface area contributed by atoms with Crippen molar-refractivity contribution in [3.8, 4) is 23.3 Å². The predicted molar refractivity (Wildman–Crippen MR) is 86.7 cm³/mol. The lowest BCUT2D eigenvalue weighted by molar-refractivity contribution is 0.222. The highest BCUT2D eigenvalue weighted by Crippen LogP contribution is 2.36. The Kier molecular flexibility index (Phi) is 5.27. The van der Waals surface area contributed by atoms with Crippen LogP contribution in [0.1, 0.15) is 24.2 Å². The molecule has 0 aliphatic heterocycles. The maximum absolute atomic E-state index is 13.6. The van der Waals surface area contributed by atoms with Crippen LogP contribution in [-0.2, 0) is 0 Å². The van der Waals surface area contributed by atoms with Crippen molar-refractivity contribution in [2.75, 3.05) is 12.3 Å². The van der Waals surface area contributed by atoms with Crippen LogP contribution in [0.3, 0.4) is 0 Å². The molecule has 1 aromatic heterocycles. The van der Waals surface area contributed by atoms with E-state index in [1.54, 1.807) is 13.0 Å². The Labute approximate surface area is 138 Å². The summed E-state index contributed by atoms with van der Waals surface area (Å²) in [5.41, 5.74) is 11.8. The van der Waals surface area contributed by atoms with Gasteiger partial charge in [0.05, 0.1) is 17.1 Å². The molecule has 0 radical (unpaired) electrons. The minimum Gasteiger partial charge on any atom is -0.507 e. The van der Waals surface area contributed by atoms with Crippen molar-refractivity contribution in [1.29, 1.82) is 0 Å². The van der Waals surface area contributed by atoms with Gasteiger partial charge in [0.2, 0.25) is 0 Å². The van der Waals surface area contributed by atoms with E-state index in [1.165, 1.54) is 12.3 Å². The van der Waals surface area contributed by atoms with E-state index in [-0.39, 0.29) is 34.4 Å². The highest BCUT2D eigenvalue weighted by molar-refractivity contribution is 6.31. The SMILES string of the molecule is CC(Oc1cc(C#CCN)cnc1N)c1c(O)ccc(F)c1Cl. The topological polar surface area (TPSA) is 94.4 Å². The summed E-state index contributed by atoms with van der Waals surface area (Å²) >= 11 is 5.90. The normalized spacial score (nSPS) is 11.5. The molecule has 0 bridgehead atoms. The van der Waals surface area contributed by atoms with E-state index in [9.17, 15) is 9.50 Å². The molecule has 0 amide bonds. The van der Waals surface area contributed by atoms with E-state index in [1.807, 2.05) is 0 Å². The first-order valence-corrected chi connectivity index (χ1v) is 7.09. The summed E-state index contributed by atoms with van der Waals surface area (Å²) in [7, 11) is 0. The minimum absolute atomic E-state index is 0.129. The van der Waals surface area contributed by atoms with Crippen LogP contribution >= 0.6 is 11.6 Å². The summed E-state index contributed by atoms with van der Waals surface area (Å²) in [6.07, 6.45) is 0.738. The number of aromatic nitrogens is 1. The van der Waals surface area contributed by atoms with Crippen LogP contribution in [0.4, 0.5) is 10.2 Å². The number of rotatable bonds is 3. The first kappa shape index (κ1) is 16.9. The number of ether oxygens (including phenoxy) is 1. The van der Waals surface area contributed by atoms with E-state index in [0.29, 0.717) is 5.56 Å². The van der Waals surface area contributed by atoms with Gasteiger partial charge in [-0.15, -0.1) is 0 Å². The molecule has 1 heterocycles. The van der Waals surface area contributed by atoms with E-state index in [0.717, 1.165) is 6.07 Å². The summed E-state index contributed by atoms with van der Waals surface area (Å²) < 4.78 is 19.2. The van der Waals surface area contributed by atoms with Crippen LogP contribution in [0.25, 0.3) is 0 Å². The van der Waals surface area contributed by atoms with Crippen molar-refractivity contribution in [3.05, 3.63) is 46.4 Å². The molecule has 0 saturated heterocycles. The largest absolute Gasteiger partial charge is 0.507 e. The third kappa shape index (κ3) is 3.83. The van der Waals surface area contributed by atoms with Crippen molar-refractivity contribution < 1.29 is 14.2 Å². The monoisotopic (exact) mass is 335 g/mol. The summed E-state index contributed by atoms with van der Waals surface area (Å²) in [5, 5.41) is 9.68. The molecule has 1 atom stereocenters. The number of hydrogen-bond donors (Lipinski definition) is 3. The van der Waals surface area contributed by atoms with Crippen molar-refractivity contribution in [1.82, 2.24) is 4.98 Å². The average Bonchev–Trinajstić information content (AvgIpc) is 2.52. The zero-order valence-corrected chi connectivity index (χ0v) is 13.1. The predicted octanol–water partition coefficient (Wildman–Crippen LogP) is 2.61. The van der Waals surface area contributed by atoms with E-state index < -0.39 is 11.9 Å². The highest BCUT2D eigenvalue weighted by Gasteiger charge is 2.20. The quantitative estimate of drug-likeness (QED) is 0.749. The Morgan fingerprint density at radius 2 is 2.22 bits per heavy atom. The Morgan fingerprint density at radius 1 is 1.48 bits per heavy atom. The maximum atomic E-state index is 13.6. The van der Waals surface area contributed by atoms with Gasteiger partial charge in [-0.05, 0) is 19.1 Å². The molecule has 7 heteroatoms. The van der Waals surface area contributed by atoms with E-state index in [2.05, 4.69) is 16.8 Å². The second kappa shape index (κ2) is 7.18. The number of nitrogens with two attached hydrogens (primary N) is 2. The fourth-order valence-electron chi connectivity index (χ4n) is 1.96. The number of benzene rings is 1. The van der Waals surface area contributed by atoms with Crippen molar-refractivity contribution >= 4 is 17.4 Å². The standard InChI is InChI=1S/C16H15ClFN3O2/c1-9(14-12(22)5-4-11(18)15(14)17)23-13-7-10(3-2-6-19)8-21-16(13)20/h4-5,7-9,22H,6,19H2,1H3,(H2,20,21). The third-order valence-corrected chi connectivity index (χ3v) is 3.42. The fourth-order valence-corrected chi connectivity index (χ4v) is 2.28. The zero-order valence-electron chi connectivity index (χ0n) is 12.3. The molecule has 0 aliphatic rings. The van der Waals surface area contributed by atoms with Gasteiger partial charge in [-0.25, -0.2) is 9.37 Å². The van der Waals surface area contributed by atoms with Gasteiger partial charge in [0.15, 0.2) is 11.6 Å². The number of nitrogen functional groups attached to an aromatic ring is 1. The number of nitrogens with zero attached hydrogens (tertiary/aromatic N) is 1. The summed E-state index contributed by atoms with van der Waals surface area (Å²) in [4.78, 5) is 3.98. The lowest BCUT2D eigenvalue weighted by Crippen LogP contribution is -2.08. The van der Waals surface area contributed by atoms with Gasteiger partial charge in [0, 0.05) is 17.8 Å². The van der Waals surface area contributed by atoms with Gasteiger partial charge in [-0.2, -0.15) is 0 Å². The number of phenolic OH excluding ortho intramolecular Hbond substituents is 1. The van der Waals surface area contributed by atoms with E-state index in [4.69, 9.17) is 27.8 Å². The van der Waals surface area contributed by atoms with Gasteiger partial charge in [0.25, 0.3) is 0 Å². The van der Waals surface area contributed by atoms with Crippen molar-refractivity contribution in [3.63, 3.8) is 0 Å². The molecule has 5 nitrogen and oxygen atoms in total. The number of anilines is 1. The van der Waals surface area contributed by atoms with Crippen molar-refractivity contribution in [2.45, 2.75) is 13.0 Å². The minimum atomic E-state index is -0.750. The average molecular weight is 336 g/mol. The maximum Gasteiger partial charge on any atom is 0.166 e. The number of phenols is 1. The molecular weight excluding hydrogens is 321 g/mol. The Hall–Kier alpha value is -2.49. The number of hydrogen-bond acceptors (Lipinski definition) is 5. The molecule has 0 fully saturated rings. The van der Waals surface area contributed by atoms with Crippen molar-refractivity contribution in [2.24, 2.45) is 5.73 Å². The Morgan fingerprint density at radius 3 is 2.91 bits per heavy atom. The lowest BCUT2D eigenvalue weighted by Gasteiger charge is -2.18. The number of pyridine rings is 1. The molecule has 23 heavy (non-hydrogen) atoms. The van der Waals surface area contributed by atoms with Crippen LogP contribution in [0, 0.1) is 17.7 Å². The van der Waals surface area contributed by atoms with Crippen LogP contribution < -0.4 is 16.2 Å². The molecule has 120 valence electrons. The van der Waals surface area contributed by atoms with Crippen LogP contribution in [0.15, 0.2) is 24.4 Å². The third-order valence-electron chi connectivity index (χ3n) is 3.04. The second-order valence-corrected chi connectivity index (χ2v) is 5.05.